The van der Waals surface area contributed by atoms with Crippen molar-refractivity contribution in [3.05, 3.63) is 344 Å². The van der Waals surface area contributed by atoms with Gasteiger partial charge in [0.1, 0.15) is 45.9 Å². The number of hydrogen-bond donors (Lipinski definition) is 0. The fourth-order valence-corrected chi connectivity index (χ4v) is 15.4. The molecular formula is C86H52BBrF4N8. The molecule has 8 aromatic heterocycles. The normalized spacial score (nSPS) is 11.8. The molecule has 19 aromatic rings. The molecule has 474 valence electrons. The molecule has 0 amide bonds. The van der Waals surface area contributed by atoms with Gasteiger partial charge in [0.25, 0.3) is 6.71 Å². The second-order valence-corrected chi connectivity index (χ2v) is 25.7. The van der Waals surface area contributed by atoms with Crippen molar-refractivity contribution in [1.82, 2.24) is 38.2 Å². The lowest BCUT2D eigenvalue weighted by Crippen LogP contribution is -2.59. The van der Waals surface area contributed by atoms with Gasteiger partial charge in [-0.3, -0.25) is 18.3 Å². The number of benzene rings is 11. The molecule has 0 saturated carbocycles. The van der Waals surface area contributed by atoms with E-state index in [1.807, 2.05) is 79.4 Å². The van der Waals surface area contributed by atoms with Gasteiger partial charge in [-0.15, -0.1) is 0 Å². The second-order valence-electron chi connectivity index (χ2n) is 24.8. The topological polar surface area (TPSA) is 71.3 Å². The first kappa shape index (κ1) is 59.9. The van der Waals surface area contributed by atoms with Crippen molar-refractivity contribution in [2.75, 3.05) is 0 Å². The minimum absolute atomic E-state index is 0.126. The number of nitrogens with zero attached hydrogens (tertiary/aromatic N) is 8. The fourth-order valence-electron chi connectivity index (χ4n) is 15.0. The SMILES string of the molecule is Fc1cc(F)cc(-c2ccccc2)c1.Fc1cc(F)cc(Br)c1.c1ccc(-c2cc(-n3c4ccccc4c4cccnc43)cc(-n3c4ccccc4c4cccnc43)c2)cc1.c1ccc(-c2cc3c4c(c2)-n2c5ncccc5c5cccc(c52)B4c2cccc4c5cccnc5n-3c24)cc1. The number of fused-ring (bicyclic) bond motifs is 16. The van der Waals surface area contributed by atoms with Crippen LogP contribution in [0.15, 0.2) is 320 Å². The Morgan fingerprint density at radius 2 is 0.600 bits per heavy atom. The Labute approximate surface area is 578 Å². The number of para-hydroxylation sites is 4. The standard InChI is InChI=1S/C34H19BN4.C34H22N4.C12H8F2.C6H3BrF2/c1-2-8-20(9-3-1)21-18-28-30-29(19-21)39-32-23(25-13-7-17-37-34(25)39)11-5-15-27(32)35(30)26-14-4-10-22-24-12-6-16-36-33(24)38(28)31(22)26;1-2-10-23(11-3-1)24-20-25(37-31-16-6-4-12-27(31)29-14-8-18-35-33(29)37)22-26(21-24)38-32-17-7-5-13-28(32)30-15-9-19-36-34(30)38;13-11-6-10(7-12(14)8-11)9-4-2-1-3-5-9;7-4-1-5(8)3-6(9)2-4/h1-19H;1-22H;1-8H;1-3H. The maximum atomic E-state index is 12.9. The second kappa shape index (κ2) is 24.5. The zero-order chi connectivity index (χ0) is 67.1. The van der Waals surface area contributed by atoms with E-state index in [0.29, 0.717) is 10.0 Å². The molecule has 0 fully saturated rings. The van der Waals surface area contributed by atoms with Crippen LogP contribution in [-0.2, 0) is 0 Å². The molecular weight excluding hydrogens is 1310 g/mol. The Morgan fingerprint density at radius 1 is 0.270 bits per heavy atom. The van der Waals surface area contributed by atoms with Crippen LogP contribution in [0.25, 0.3) is 144 Å². The lowest BCUT2D eigenvalue weighted by atomic mass is 9.34. The highest BCUT2D eigenvalue weighted by atomic mass is 79.9. The van der Waals surface area contributed by atoms with Gasteiger partial charge < -0.3 is 0 Å². The van der Waals surface area contributed by atoms with Crippen LogP contribution in [0.4, 0.5) is 17.6 Å². The summed E-state index contributed by atoms with van der Waals surface area (Å²) in [6.45, 7) is 0.126. The van der Waals surface area contributed by atoms with Crippen LogP contribution < -0.4 is 16.4 Å². The molecule has 0 N–H and O–H groups in total. The highest BCUT2D eigenvalue weighted by molar-refractivity contribution is 9.10. The minimum atomic E-state index is -0.568. The largest absolute Gasteiger partial charge is 0.295 e. The highest BCUT2D eigenvalue weighted by Gasteiger charge is 2.41. The third-order valence-corrected chi connectivity index (χ3v) is 19.4. The molecule has 0 aliphatic carbocycles. The maximum absolute atomic E-state index is 12.9. The Balaban J connectivity index is 0.000000110. The van der Waals surface area contributed by atoms with Crippen LogP contribution in [0.1, 0.15) is 0 Å². The molecule has 0 unspecified atom stereocenters. The van der Waals surface area contributed by atoms with Crippen molar-refractivity contribution in [2.24, 2.45) is 0 Å². The Bertz CT molecular complexity index is 6000. The average molecular weight is 1360 g/mol. The van der Waals surface area contributed by atoms with Gasteiger partial charge in [0.05, 0.1) is 33.4 Å². The summed E-state index contributed by atoms with van der Waals surface area (Å²) < 4.78 is 59.9. The van der Waals surface area contributed by atoms with E-state index in [1.165, 1.54) is 107 Å². The molecule has 11 aromatic carbocycles. The summed E-state index contributed by atoms with van der Waals surface area (Å²) in [6, 6.07) is 96.1. The summed E-state index contributed by atoms with van der Waals surface area (Å²) in [6.07, 6.45) is 7.56. The van der Waals surface area contributed by atoms with Crippen LogP contribution in [-0.4, -0.2) is 44.9 Å². The van der Waals surface area contributed by atoms with Crippen LogP contribution >= 0.6 is 15.9 Å². The molecule has 10 heterocycles. The smallest absolute Gasteiger partial charge is 0.252 e. The van der Waals surface area contributed by atoms with E-state index < -0.39 is 23.3 Å². The summed E-state index contributed by atoms with van der Waals surface area (Å²) in [7, 11) is 0. The zero-order valence-corrected chi connectivity index (χ0v) is 54.7. The monoisotopic (exact) mass is 1360 g/mol. The molecule has 0 spiro atoms. The molecule has 2 aliphatic rings. The van der Waals surface area contributed by atoms with Crippen LogP contribution in [0.2, 0.25) is 0 Å². The van der Waals surface area contributed by atoms with Gasteiger partial charge in [0.15, 0.2) is 0 Å². The Kier molecular flexibility index (Phi) is 14.7. The lowest BCUT2D eigenvalue weighted by molar-refractivity contribution is 0.581. The first-order valence-corrected chi connectivity index (χ1v) is 33.5. The number of halogens is 5. The minimum Gasteiger partial charge on any atom is -0.295 e. The predicted molar refractivity (Wildman–Crippen MR) is 403 cm³/mol. The molecule has 0 atom stereocenters. The summed E-state index contributed by atoms with van der Waals surface area (Å²) in [5.41, 5.74) is 23.3. The molecule has 14 heteroatoms. The lowest BCUT2D eigenvalue weighted by Gasteiger charge is -2.33. The van der Waals surface area contributed by atoms with E-state index in [1.54, 1.807) is 0 Å². The van der Waals surface area contributed by atoms with Gasteiger partial charge in [-0.1, -0.05) is 180 Å². The maximum Gasteiger partial charge on any atom is 0.252 e. The van der Waals surface area contributed by atoms with Gasteiger partial charge in [0.2, 0.25) is 0 Å². The van der Waals surface area contributed by atoms with E-state index in [0.717, 1.165) is 84.6 Å². The van der Waals surface area contributed by atoms with E-state index in [2.05, 4.69) is 234 Å². The van der Waals surface area contributed by atoms with Crippen molar-refractivity contribution < 1.29 is 17.6 Å². The summed E-state index contributed by atoms with van der Waals surface area (Å²) in [4.78, 5) is 19.5. The zero-order valence-electron chi connectivity index (χ0n) is 53.1. The summed E-state index contributed by atoms with van der Waals surface area (Å²) in [5, 5.41) is 9.58. The molecule has 8 nitrogen and oxygen atoms in total. The quantitative estimate of drug-likeness (QED) is 0.127. The van der Waals surface area contributed by atoms with Gasteiger partial charge >= 0.3 is 0 Å². The average Bonchev–Trinajstić information content (AvgIpc) is 1.45. The Hall–Kier alpha value is -12.5. The van der Waals surface area contributed by atoms with Crippen LogP contribution in [0.5, 0.6) is 0 Å². The first-order chi connectivity index (χ1) is 49.2. The molecule has 21 rings (SSSR count). The fraction of sp³-hybridized carbons (Fsp3) is 0. The number of pyridine rings is 4. The van der Waals surface area contributed by atoms with E-state index in [-0.39, 0.29) is 6.71 Å². The molecule has 100 heavy (non-hydrogen) atoms. The number of aromatic nitrogens is 8. The first-order valence-electron chi connectivity index (χ1n) is 32.7. The third kappa shape index (κ3) is 10.1. The van der Waals surface area contributed by atoms with Crippen molar-refractivity contribution >= 4 is 127 Å². The van der Waals surface area contributed by atoms with E-state index in [4.69, 9.17) is 19.9 Å². The molecule has 2 aliphatic heterocycles. The predicted octanol–water partition coefficient (Wildman–Crippen LogP) is 20.2. The molecule has 0 bridgehead atoms. The van der Waals surface area contributed by atoms with Gasteiger partial charge in [-0.25, -0.2) is 37.5 Å². The number of rotatable bonds is 5. The summed E-state index contributed by atoms with van der Waals surface area (Å²) >= 11 is 2.93. The van der Waals surface area contributed by atoms with Crippen molar-refractivity contribution in [3.63, 3.8) is 0 Å². The van der Waals surface area contributed by atoms with Crippen LogP contribution in [0.3, 0.4) is 0 Å². The summed E-state index contributed by atoms with van der Waals surface area (Å²) in [5.74, 6) is -2.24. The van der Waals surface area contributed by atoms with E-state index >= 15 is 0 Å². The molecule has 0 radical (unpaired) electrons. The molecule has 0 saturated heterocycles. The Morgan fingerprint density at radius 3 is 1.01 bits per heavy atom. The van der Waals surface area contributed by atoms with Gasteiger partial charge in [0, 0.05) is 95.9 Å². The third-order valence-electron chi connectivity index (χ3n) is 19.0. The van der Waals surface area contributed by atoms with Crippen LogP contribution in [0, 0.1) is 23.3 Å². The van der Waals surface area contributed by atoms with Crippen molar-refractivity contribution in [2.45, 2.75) is 0 Å². The van der Waals surface area contributed by atoms with E-state index in [9.17, 15) is 17.6 Å². The van der Waals surface area contributed by atoms with Crippen molar-refractivity contribution in [3.8, 4) is 56.1 Å². The number of hydrogen-bond acceptors (Lipinski definition) is 4. The highest BCUT2D eigenvalue weighted by Crippen LogP contribution is 2.41. The van der Waals surface area contributed by atoms with Crippen molar-refractivity contribution in [1.29, 1.82) is 0 Å². The van der Waals surface area contributed by atoms with Gasteiger partial charge in [-0.05, 0) is 165 Å². The van der Waals surface area contributed by atoms with Gasteiger partial charge in [-0.2, -0.15) is 0 Å².